The summed E-state index contributed by atoms with van der Waals surface area (Å²) in [6.07, 6.45) is 6.84. The highest BCUT2D eigenvalue weighted by Crippen LogP contribution is 2.48. The van der Waals surface area contributed by atoms with Gasteiger partial charge < -0.3 is 20.4 Å². The maximum absolute atomic E-state index is 13.5. The first kappa shape index (κ1) is 90.5. The maximum Gasteiger partial charge on any atom is 0.416 e. The molecule has 3 saturated carbocycles. The van der Waals surface area contributed by atoms with Crippen LogP contribution in [-0.4, -0.2) is 92.6 Å². The molecule has 636 valence electrons. The molecule has 5 aliphatic rings. The van der Waals surface area contributed by atoms with E-state index in [2.05, 4.69) is 6.07 Å². The third-order valence-electron chi connectivity index (χ3n) is 20.9. The van der Waals surface area contributed by atoms with Crippen LogP contribution in [0, 0.1) is 22.7 Å². The molecule has 15 rings (SSSR count). The molecule has 0 atom stereocenters. The number of aromatic carboxylic acids is 4. The molecule has 0 aliphatic heterocycles. The third-order valence-corrected chi connectivity index (χ3v) is 30.7. The molecule has 33 heteroatoms. The molecule has 0 bridgehead atoms. The lowest BCUT2D eigenvalue weighted by Gasteiger charge is -2.16. The molecule has 0 unspecified atom stereocenters. The Morgan fingerprint density at radius 3 is 1.17 bits per heavy atom. The number of aryl methyl sites for hydroxylation is 1. The summed E-state index contributed by atoms with van der Waals surface area (Å²) in [6.45, 7) is 1.70. The van der Waals surface area contributed by atoms with Gasteiger partial charge in [0, 0.05) is 28.0 Å². The highest BCUT2D eigenvalue weighted by atomic mass is 32.2. The zero-order chi connectivity index (χ0) is 89.1. The van der Waals surface area contributed by atoms with E-state index in [-0.39, 0.29) is 87.8 Å². The Morgan fingerprint density at radius 1 is 0.423 bits per heavy atom. The predicted octanol–water partition coefficient (Wildman–Crippen LogP) is 20.0. The number of allylic oxidation sites excluding steroid dienone is 8. The summed E-state index contributed by atoms with van der Waals surface area (Å²) in [7, 11) is -19.6. The van der Waals surface area contributed by atoms with Crippen LogP contribution in [0.1, 0.15) is 190 Å². The first-order valence-corrected chi connectivity index (χ1v) is 48.1. The van der Waals surface area contributed by atoms with Crippen molar-refractivity contribution in [1.82, 2.24) is 0 Å². The molecule has 20 nitrogen and oxygen atoms in total. The summed E-state index contributed by atoms with van der Waals surface area (Å²) in [5.74, 6) is -6.76. The van der Waals surface area contributed by atoms with Crippen LogP contribution in [0.25, 0.3) is 32.0 Å². The molecule has 0 amide bonds. The summed E-state index contributed by atoms with van der Waals surface area (Å²) in [5.41, 5.74) is 5.05. The fourth-order valence-corrected chi connectivity index (χ4v) is 23.4. The van der Waals surface area contributed by atoms with E-state index in [0.717, 1.165) is 97.2 Å². The SMILES string of the molecule is CCc1ccc(C(=O)O)cc1S(=O)(=O)Cc1cc(C(F)(F)F)ccc1C1=CC=C(C#N)C1.CS(=O)(=O)c1ccc(C2=CC=CC2)c(CS(=O)(=O)c2cc(C(=O)O)ccc2C2CC2)c1.N#Cc1ccc(-c2cccs2)c(CS(=O)(=O)c2cc(C(=O)O)ccc2C2CC2)c1.O=C(O)c1ccc(C2CC2)c(S(=O)(=O)Cc2cc(C(F)(F)F)ccc2-c2cccs2)c1. The Balaban J connectivity index is 0.000000150. The average molecular weight is 1810 g/mol. The van der Waals surface area contributed by atoms with Gasteiger partial charge in [0.2, 0.25) is 0 Å². The monoisotopic (exact) mass is 1810 g/mol. The number of thiophene rings is 2. The quantitative estimate of drug-likeness (QED) is 0.0386. The van der Waals surface area contributed by atoms with Gasteiger partial charge in [-0.15, -0.1) is 22.7 Å². The summed E-state index contributed by atoms with van der Waals surface area (Å²) in [5, 5.41) is 59.2. The van der Waals surface area contributed by atoms with Crippen molar-refractivity contribution < 1.29 is 108 Å². The second-order valence-electron chi connectivity index (χ2n) is 29.8. The van der Waals surface area contributed by atoms with Gasteiger partial charge in [-0.25, -0.2) is 61.3 Å². The topological polar surface area (TPSA) is 367 Å². The Hall–Kier alpha value is -11.7. The van der Waals surface area contributed by atoms with E-state index in [9.17, 15) is 113 Å². The van der Waals surface area contributed by atoms with E-state index < -0.39 is 114 Å². The Labute approximate surface area is 713 Å². The number of alkyl halides is 6. The van der Waals surface area contributed by atoms with E-state index >= 15 is 0 Å². The number of benzene rings is 8. The number of nitriles is 2. The Bertz CT molecular complexity index is 6750. The van der Waals surface area contributed by atoms with Gasteiger partial charge in [0.1, 0.15) is 0 Å². The first-order chi connectivity index (χ1) is 58.0. The molecule has 5 aliphatic carbocycles. The number of carboxylic acid groups (broad SMARTS) is 4. The van der Waals surface area contributed by atoms with Gasteiger partial charge in [0.25, 0.3) is 0 Å². The lowest BCUT2D eigenvalue weighted by Crippen LogP contribution is -2.13. The van der Waals surface area contributed by atoms with Gasteiger partial charge in [-0.3, -0.25) is 0 Å². The summed E-state index contributed by atoms with van der Waals surface area (Å²) in [4.78, 5) is 46.9. The van der Waals surface area contributed by atoms with Crippen molar-refractivity contribution in [2.75, 3.05) is 6.26 Å². The molecule has 2 aromatic heterocycles. The van der Waals surface area contributed by atoms with Gasteiger partial charge in [-0.05, 0) is 273 Å². The van der Waals surface area contributed by atoms with Gasteiger partial charge in [0.15, 0.2) is 49.2 Å². The van der Waals surface area contributed by atoms with Gasteiger partial charge in [-0.2, -0.15) is 36.9 Å². The number of nitrogens with zero attached hydrogens (tertiary/aromatic N) is 2. The van der Waals surface area contributed by atoms with Crippen molar-refractivity contribution in [1.29, 1.82) is 10.5 Å². The largest absolute Gasteiger partial charge is 0.478 e. The van der Waals surface area contributed by atoms with Crippen LogP contribution in [0.5, 0.6) is 0 Å². The average Bonchev–Trinajstić information content (AvgIpc) is 1.74. The normalized spacial score (nSPS) is 14.7. The van der Waals surface area contributed by atoms with E-state index in [1.807, 2.05) is 41.8 Å². The minimum absolute atomic E-state index is 0.0177. The minimum Gasteiger partial charge on any atom is -0.478 e. The first-order valence-electron chi connectivity index (χ1n) is 37.9. The van der Waals surface area contributed by atoms with Gasteiger partial charge in [-0.1, -0.05) is 91.9 Å². The van der Waals surface area contributed by atoms with Crippen molar-refractivity contribution >= 4 is 107 Å². The van der Waals surface area contributed by atoms with Gasteiger partial charge in [0.05, 0.1) is 98.6 Å². The van der Waals surface area contributed by atoms with Crippen LogP contribution in [0.15, 0.2) is 241 Å². The molecule has 123 heavy (non-hydrogen) atoms. The second kappa shape index (κ2) is 36.4. The van der Waals surface area contributed by atoms with Crippen molar-refractivity contribution in [2.45, 2.75) is 142 Å². The van der Waals surface area contributed by atoms with Crippen LogP contribution in [-0.2, 0) is 91.0 Å². The molecule has 0 saturated heterocycles. The van der Waals surface area contributed by atoms with E-state index in [4.69, 9.17) is 5.26 Å². The zero-order valence-corrected chi connectivity index (χ0v) is 70.9. The Kier molecular flexibility index (Phi) is 26.8. The Morgan fingerprint density at radius 2 is 0.805 bits per heavy atom. The van der Waals surface area contributed by atoms with Crippen LogP contribution in [0.2, 0.25) is 0 Å². The number of rotatable bonds is 25. The van der Waals surface area contributed by atoms with Crippen molar-refractivity contribution in [3.8, 4) is 33.0 Å². The fourth-order valence-electron chi connectivity index (χ4n) is 14.3. The van der Waals surface area contributed by atoms with E-state index in [0.29, 0.717) is 84.5 Å². The van der Waals surface area contributed by atoms with Crippen LogP contribution in [0.4, 0.5) is 26.3 Å². The zero-order valence-electron chi connectivity index (χ0n) is 65.2. The lowest BCUT2D eigenvalue weighted by molar-refractivity contribution is -0.138. The number of hydrogen-bond donors (Lipinski definition) is 4. The molecule has 2 heterocycles. The fraction of sp³-hybridized carbons (Fsp3) is 0.222. The molecule has 8 aromatic carbocycles. The summed E-state index contributed by atoms with van der Waals surface area (Å²) < 4.78 is 211. The molecule has 10 aromatic rings. The van der Waals surface area contributed by atoms with Gasteiger partial charge >= 0.3 is 36.2 Å². The lowest BCUT2D eigenvalue weighted by atomic mass is 9.96. The predicted molar refractivity (Wildman–Crippen MR) is 451 cm³/mol. The van der Waals surface area contributed by atoms with E-state index in [1.54, 1.807) is 66.9 Å². The summed E-state index contributed by atoms with van der Waals surface area (Å²) >= 11 is 2.79. The maximum atomic E-state index is 13.5. The second-order valence-corrected chi connectivity index (χ2v) is 41.5. The highest BCUT2D eigenvalue weighted by molar-refractivity contribution is 7.92. The standard InChI is InChI=1S/C23H18F3NO4S.C23H22O6S2.C22H17F3O4S2.C22H17NO4S2/c1-2-15-5-6-17(22(28)29)11-21(15)32(30,31)13-18-10-19(23(24,25)26)7-8-20(18)16-4-3-14(9-16)12-27;1-30(26,27)19-9-11-20(15-4-2-3-5-15)18(12-19)14-31(28,29)22-13-17(23(24)25)8-10-21(22)16-6-7-16;23-22(24,25)16-6-8-17(19-2-1-9-30-19)15(10-16)12-31(28,29)20-11-14(21(26)27)5-7-18(20)13-3-4-13;23-12-14-3-7-18(20-2-1-9-28-20)17(10-14)13-29(26,27)21-11-16(22(24)25)6-8-19(21)15-4-5-15/h3-8,10-11H,2,9,13H2,1H3,(H,28,29);2-4,8-13,16H,5-7,14H2,1H3,(H,24,25);1-2,5-11,13H,3-4,12H2,(H,26,27);1-3,6-11,15H,4-5,13H2,(H,24,25). The molecular formula is C90H74F6N2O18S7. The summed E-state index contributed by atoms with van der Waals surface area (Å²) in [6, 6.07) is 43.1. The third kappa shape index (κ3) is 21.9. The minimum atomic E-state index is -4.67. The molecule has 3 fully saturated rings. The van der Waals surface area contributed by atoms with Crippen molar-refractivity contribution in [2.24, 2.45) is 0 Å². The van der Waals surface area contributed by atoms with Crippen LogP contribution >= 0.6 is 22.7 Å². The van der Waals surface area contributed by atoms with E-state index in [1.165, 1.54) is 102 Å². The highest BCUT2D eigenvalue weighted by Gasteiger charge is 2.39. The van der Waals surface area contributed by atoms with Crippen molar-refractivity contribution in [3.63, 3.8) is 0 Å². The molecule has 0 radical (unpaired) electrons. The number of halogens is 6. The molecule has 0 spiro atoms. The smallest absolute Gasteiger partial charge is 0.416 e. The number of hydrogen-bond acceptors (Lipinski definition) is 18. The number of carbonyl (C=O) groups is 4. The molecular weight excluding hydrogens is 1740 g/mol. The van der Waals surface area contributed by atoms with Crippen molar-refractivity contribution in [3.05, 3.63) is 311 Å². The molecule has 4 N–H and O–H groups in total. The number of carboxylic acids is 4. The van der Waals surface area contributed by atoms with Crippen LogP contribution < -0.4 is 0 Å². The number of sulfone groups is 5. The van der Waals surface area contributed by atoms with Crippen LogP contribution in [0.3, 0.4) is 0 Å².